The Kier molecular flexibility index (Phi) is 5.38. The minimum atomic E-state index is -0.195. The minimum absolute atomic E-state index is 0.195. The molecule has 1 amide bonds. The van der Waals surface area contributed by atoms with Crippen molar-refractivity contribution in [3.63, 3.8) is 0 Å². The van der Waals surface area contributed by atoms with Crippen LogP contribution in [0, 0.1) is 13.8 Å². The van der Waals surface area contributed by atoms with E-state index in [0.717, 1.165) is 35.4 Å². The van der Waals surface area contributed by atoms with Crippen LogP contribution in [0.1, 0.15) is 57.2 Å². The van der Waals surface area contributed by atoms with Crippen LogP contribution in [0.3, 0.4) is 0 Å². The summed E-state index contributed by atoms with van der Waals surface area (Å²) in [7, 11) is 1.76. The van der Waals surface area contributed by atoms with E-state index >= 15 is 0 Å². The second kappa shape index (κ2) is 8.11. The molecular formula is C22H26N4O3. The van der Waals surface area contributed by atoms with Gasteiger partial charge in [0.05, 0.1) is 12.2 Å². The van der Waals surface area contributed by atoms with E-state index in [1.54, 1.807) is 18.0 Å². The van der Waals surface area contributed by atoms with Crippen molar-refractivity contribution in [2.45, 2.75) is 52.7 Å². The number of aromatic nitrogens is 3. The van der Waals surface area contributed by atoms with Gasteiger partial charge in [0.2, 0.25) is 0 Å². The SMILES string of the molecule is Cc1cccc(C)c1OCc1cc(C(=O)N(C)Cc2n[nH]c3c2CCCC3)no1. The molecule has 1 aliphatic rings. The molecule has 0 radical (unpaired) electrons. The predicted molar refractivity (Wildman–Crippen MR) is 108 cm³/mol. The second-order valence-electron chi connectivity index (χ2n) is 7.68. The lowest BCUT2D eigenvalue weighted by Crippen LogP contribution is -2.27. The highest BCUT2D eigenvalue weighted by molar-refractivity contribution is 5.92. The summed E-state index contributed by atoms with van der Waals surface area (Å²) in [5, 5.41) is 11.5. The molecule has 0 spiro atoms. The number of aromatic amines is 1. The molecule has 0 atom stereocenters. The van der Waals surface area contributed by atoms with Crippen molar-refractivity contribution in [3.8, 4) is 5.75 Å². The first-order valence-corrected chi connectivity index (χ1v) is 9.98. The zero-order valence-electron chi connectivity index (χ0n) is 17.1. The number of benzene rings is 1. The summed E-state index contributed by atoms with van der Waals surface area (Å²) in [6, 6.07) is 7.64. The van der Waals surface area contributed by atoms with E-state index in [1.807, 2.05) is 32.0 Å². The molecule has 1 aromatic carbocycles. The Morgan fingerprint density at radius 2 is 2.00 bits per heavy atom. The summed E-state index contributed by atoms with van der Waals surface area (Å²) >= 11 is 0. The summed E-state index contributed by atoms with van der Waals surface area (Å²) in [5.74, 6) is 1.15. The first-order chi connectivity index (χ1) is 14.0. The molecule has 3 aromatic rings. The molecule has 4 rings (SSSR count). The van der Waals surface area contributed by atoms with Crippen molar-refractivity contribution in [2.24, 2.45) is 0 Å². The van der Waals surface area contributed by atoms with Crippen LogP contribution >= 0.6 is 0 Å². The van der Waals surface area contributed by atoms with Gasteiger partial charge in [-0.25, -0.2) is 0 Å². The molecule has 2 aromatic heterocycles. The first-order valence-electron chi connectivity index (χ1n) is 9.98. The molecule has 7 nitrogen and oxygen atoms in total. The smallest absolute Gasteiger partial charge is 0.276 e. The molecule has 0 fully saturated rings. The van der Waals surface area contributed by atoms with Crippen LogP contribution in [0.4, 0.5) is 0 Å². The van der Waals surface area contributed by atoms with E-state index in [0.29, 0.717) is 12.3 Å². The number of hydrogen-bond acceptors (Lipinski definition) is 5. The Labute approximate surface area is 170 Å². The molecule has 0 saturated carbocycles. The highest BCUT2D eigenvalue weighted by Gasteiger charge is 2.22. The number of nitrogens with one attached hydrogen (secondary N) is 1. The van der Waals surface area contributed by atoms with Crippen molar-refractivity contribution >= 4 is 5.91 Å². The van der Waals surface area contributed by atoms with Crippen molar-refractivity contribution in [3.05, 3.63) is 63.8 Å². The number of carbonyl (C=O) groups is 1. The van der Waals surface area contributed by atoms with Crippen LogP contribution < -0.4 is 4.74 Å². The fourth-order valence-electron chi connectivity index (χ4n) is 3.82. The Balaban J connectivity index is 1.39. The summed E-state index contributed by atoms with van der Waals surface area (Å²) < 4.78 is 11.2. The van der Waals surface area contributed by atoms with E-state index < -0.39 is 0 Å². The Morgan fingerprint density at radius 3 is 2.79 bits per heavy atom. The summed E-state index contributed by atoms with van der Waals surface area (Å²) in [6.45, 7) is 4.68. The van der Waals surface area contributed by atoms with Gasteiger partial charge in [0, 0.05) is 18.8 Å². The third kappa shape index (κ3) is 4.04. The van der Waals surface area contributed by atoms with Crippen LogP contribution in [0.2, 0.25) is 0 Å². The maximum Gasteiger partial charge on any atom is 0.276 e. The Hall–Kier alpha value is -3.09. The molecule has 29 heavy (non-hydrogen) atoms. The van der Waals surface area contributed by atoms with Crippen LogP contribution in [0.15, 0.2) is 28.8 Å². The van der Waals surface area contributed by atoms with Crippen molar-refractivity contribution in [2.75, 3.05) is 7.05 Å². The van der Waals surface area contributed by atoms with E-state index in [4.69, 9.17) is 9.26 Å². The van der Waals surface area contributed by atoms with Crippen LogP contribution in [-0.4, -0.2) is 33.2 Å². The molecule has 7 heteroatoms. The van der Waals surface area contributed by atoms with Crippen LogP contribution in [0.25, 0.3) is 0 Å². The minimum Gasteiger partial charge on any atom is -0.485 e. The number of amides is 1. The molecule has 152 valence electrons. The normalized spacial score (nSPS) is 13.2. The van der Waals surface area contributed by atoms with Gasteiger partial charge in [-0.2, -0.15) is 5.10 Å². The van der Waals surface area contributed by atoms with E-state index in [9.17, 15) is 4.79 Å². The van der Waals surface area contributed by atoms with Gasteiger partial charge in [0.25, 0.3) is 5.91 Å². The number of para-hydroxylation sites is 1. The Bertz CT molecular complexity index is 1000. The highest BCUT2D eigenvalue weighted by atomic mass is 16.5. The quantitative estimate of drug-likeness (QED) is 0.688. The number of nitrogens with zero attached hydrogens (tertiary/aromatic N) is 3. The van der Waals surface area contributed by atoms with Crippen LogP contribution in [0.5, 0.6) is 5.75 Å². The van der Waals surface area contributed by atoms with Gasteiger partial charge in [0.15, 0.2) is 11.5 Å². The largest absolute Gasteiger partial charge is 0.485 e. The van der Waals surface area contributed by atoms with Crippen molar-refractivity contribution in [1.82, 2.24) is 20.3 Å². The van der Waals surface area contributed by atoms with E-state index in [2.05, 4.69) is 15.4 Å². The van der Waals surface area contributed by atoms with E-state index in [1.165, 1.54) is 24.1 Å². The molecule has 0 aliphatic heterocycles. The number of ether oxygens (including phenoxy) is 1. The fourth-order valence-corrected chi connectivity index (χ4v) is 3.82. The van der Waals surface area contributed by atoms with Crippen LogP contribution in [-0.2, 0) is 26.0 Å². The Morgan fingerprint density at radius 1 is 1.24 bits per heavy atom. The third-order valence-corrected chi connectivity index (χ3v) is 5.42. The average molecular weight is 394 g/mol. The maximum absolute atomic E-state index is 12.8. The zero-order chi connectivity index (χ0) is 20.4. The molecule has 0 unspecified atom stereocenters. The van der Waals surface area contributed by atoms with Gasteiger partial charge in [-0.3, -0.25) is 9.89 Å². The van der Waals surface area contributed by atoms with Crippen molar-refractivity contribution in [1.29, 1.82) is 0 Å². The van der Waals surface area contributed by atoms with Gasteiger partial charge >= 0.3 is 0 Å². The number of H-pyrrole nitrogens is 1. The second-order valence-corrected chi connectivity index (χ2v) is 7.68. The van der Waals surface area contributed by atoms with Gasteiger partial charge in [-0.15, -0.1) is 0 Å². The van der Waals surface area contributed by atoms with Gasteiger partial charge < -0.3 is 14.2 Å². The predicted octanol–water partition coefficient (Wildman–Crippen LogP) is 3.74. The number of rotatable bonds is 6. The lowest BCUT2D eigenvalue weighted by atomic mass is 9.96. The van der Waals surface area contributed by atoms with Gasteiger partial charge in [0.1, 0.15) is 12.4 Å². The summed E-state index contributed by atoms with van der Waals surface area (Å²) in [6.07, 6.45) is 4.42. The molecule has 1 N–H and O–H groups in total. The molecule has 2 heterocycles. The maximum atomic E-state index is 12.8. The van der Waals surface area contributed by atoms with Gasteiger partial charge in [-0.05, 0) is 56.2 Å². The number of carbonyl (C=O) groups excluding carboxylic acids is 1. The summed E-state index contributed by atoms with van der Waals surface area (Å²) in [4.78, 5) is 14.4. The van der Waals surface area contributed by atoms with E-state index in [-0.39, 0.29) is 18.2 Å². The standard InChI is InChI=1S/C22H26N4O3/c1-14-7-6-8-15(2)21(14)28-13-16-11-19(25-29-16)22(27)26(3)12-20-17-9-4-5-10-18(17)23-24-20/h6-8,11H,4-5,9-10,12-13H2,1-3H3,(H,23,24). The number of aryl methyl sites for hydroxylation is 3. The average Bonchev–Trinajstić information content (AvgIpc) is 3.35. The molecule has 0 saturated heterocycles. The fraction of sp³-hybridized carbons (Fsp3) is 0.409. The van der Waals surface area contributed by atoms with Crippen molar-refractivity contribution < 1.29 is 14.1 Å². The monoisotopic (exact) mass is 394 g/mol. The number of hydrogen-bond donors (Lipinski definition) is 1. The molecule has 1 aliphatic carbocycles. The lowest BCUT2D eigenvalue weighted by Gasteiger charge is -2.16. The van der Waals surface area contributed by atoms with Gasteiger partial charge in [-0.1, -0.05) is 23.4 Å². The topological polar surface area (TPSA) is 84.2 Å². The third-order valence-electron chi connectivity index (χ3n) is 5.42. The molecule has 0 bridgehead atoms. The zero-order valence-corrected chi connectivity index (χ0v) is 17.1. The first kappa shape index (κ1) is 19.2. The summed E-state index contributed by atoms with van der Waals surface area (Å²) in [5.41, 5.74) is 5.80. The number of fused-ring (bicyclic) bond motifs is 1. The lowest BCUT2D eigenvalue weighted by molar-refractivity contribution is 0.0772. The highest BCUT2D eigenvalue weighted by Crippen LogP contribution is 2.24. The molecular weight excluding hydrogens is 368 g/mol.